The van der Waals surface area contributed by atoms with Crippen molar-refractivity contribution in [2.24, 2.45) is 0 Å². The maximum absolute atomic E-state index is 14.8. The maximum atomic E-state index is 14.8. The fraction of sp³-hybridized carbons (Fsp3) is 0.529. The number of benzene rings is 1. The summed E-state index contributed by atoms with van der Waals surface area (Å²) in [7, 11) is 0. The zero-order valence-corrected chi connectivity index (χ0v) is 13.9. The Morgan fingerprint density at radius 3 is 2.29 bits per heavy atom. The molecule has 1 aromatic rings. The minimum Gasteiger partial charge on any atom is -0.456 e. The second-order valence-electron chi connectivity index (χ2n) is 5.72. The summed E-state index contributed by atoms with van der Waals surface area (Å²) < 4.78 is 30.5. The molecule has 5 atom stereocenters. The summed E-state index contributed by atoms with van der Waals surface area (Å²) in [6, 6.07) is 9.45. The lowest BCUT2D eigenvalue weighted by Gasteiger charge is -2.41. The van der Waals surface area contributed by atoms with E-state index in [0.29, 0.717) is 6.54 Å². The van der Waals surface area contributed by atoms with Gasteiger partial charge in [-0.05, 0) is 12.5 Å². The molecule has 1 saturated heterocycles. The van der Waals surface area contributed by atoms with E-state index in [2.05, 4.69) is 5.32 Å². The molecule has 1 aliphatic heterocycles. The van der Waals surface area contributed by atoms with E-state index in [4.69, 9.17) is 14.2 Å². The van der Waals surface area contributed by atoms with Gasteiger partial charge in [0.2, 0.25) is 0 Å². The van der Waals surface area contributed by atoms with Gasteiger partial charge in [-0.2, -0.15) is 0 Å². The highest BCUT2D eigenvalue weighted by atomic mass is 19.1. The molecular formula is C17H22FNO5. The molecule has 1 aromatic carbocycles. The average molecular weight is 339 g/mol. The molecule has 0 amide bonds. The van der Waals surface area contributed by atoms with Crippen LogP contribution in [0.25, 0.3) is 0 Å². The Hall–Kier alpha value is -1.99. The van der Waals surface area contributed by atoms with Crippen LogP contribution in [0.2, 0.25) is 0 Å². The summed E-state index contributed by atoms with van der Waals surface area (Å²) in [4.78, 5) is 22.5. The van der Waals surface area contributed by atoms with Crippen molar-refractivity contribution < 1.29 is 28.2 Å². The van der Waals surface area contributed by atoms with Crippen molar-refractivity contribution in [2.45, 2.75) is 58.0 Å². The van der Waals surface area contributed by atoms with Crippen molar-refractivity contribution in [3.63, 3.8) is 0 Å². The van der Waals surface area contributed by atoms with Crippen molar-refractivity contribution in [2.75, 3.05) is 0 Å². The van der Waals surface area contributed by atoms with Gasteiger partial charge in [0.1, 0.15) is 6.23 Å². The van der Waals surface area contributed by atoms with Gasteiger partial charge in [-0.3, -0.25) is 14.9 Å². The van der Waals surface area contributed by atoms with Gasteiger partial charge in [-0.1, -0.05) is 30.3 Å². The first-order valence-electron chi connectivity index (χ1n) is 7.79. The molecule has 1 N–H and O–H groups in total. The second kappa shape index (κ2) is 8.21. The van der Waals surface area contributed by atoms with E-state index < -0.39 is 42.7 Å². The van der Waals surface area contributed by atoms with Crippen LogP contribution in [0.4, 0.5) is 4.39 Å². The van der Waals surface area contributed by atoms with Gasteiger partial charge in [-0.15, -0.1) is 0 Å². The molecule has 0 radical (unpaired) electrons. The van der Waals surface area contributed by atoms with Gasteiger partial charge in [-0.25, -0.2) is 4.39 Å². The van der Waals surface area contributed by atoms with Crippen molar-refractivity contribution in [1.29, 1.82) is 0 Å². The van der Waals surface area contributed by atoms with E-state index in [1.165, 1.54) is 13.8 Å². The number of alkyl halides is 1. The summed E-state index contributed by atoms with van der Waals surface area (Å²) in [6.45, 7) is 4.44. The third-order valence-electron chi connectivity index (χ3n) is 3.71. The predicted molar refractivity (Wildman–Crippen MR) is 83.6 cm³/mol. The molecule has 1 aliphatic rings. The van der Waals surface area contributed by atoms with Crippen molar-refractivity contribution >= 4 is 11.9 Å². The average Bonchev–Trinajstić information content (AvgIpc) is 2.53. The monoisotopic (exact) mass is 339 g/mol. The number of hydrogen-bond acceptors (Lipinski definition) is 6. The summed E-state index contributed by atoms with van der Waals surface area (Å²) in [5, 5.41) is 2.97. The van der Waals surface area contributed by atoms with E-state index >= 15 is 0 Å². The first-order valence-corrected chi connectivity index (χ1v) is 7.79. The number of esters is 2. The van der Waals surface area contributed by atoms with E-state index in [-0.39, 0.29) is 0 Å². The fourth-order valence-electron chi connectivity index (χ4n) is 2.66. The van der Waals surface area contributed by atoms with Gasteiger partial charge in [0.05, 0.1) is 6.10 Å². The van der Waals surface area contributed by atoms with Gasteiger partial charge in [0, 0.05) is 20.4 Å². The largest absolute Gasteiger partial charge is 0.456 e. The van der Waals surface area contributed by atoms with Crippen LogP contribution in [0.3, 0.4) is 0 Å². The molecule has 6 nitrogen and oxygen atoms in total. The zero-order chi connectivity index (χ0) is 17.7. The lowest BCUT2D eigenvalue weighted by atomic mass is 9.99. The Labute approximate surface area is 140 Å². The lowest BCUT2D eigenvalue weighted by Crippen LogP contribution is -2.61. The number of carbonyl (C=O) groups excluding carboxylic acids is 2. The second-order valence-corrected chi connectivity index (χ2v) is 5.72. The first kappa shape index (κ1) is 18.4. The van der Waals surface area contributed by atoms with Gasteiger partial charge in [0.15, 0.2) is 18.4 Å². The van der Waals surface area contributed by atoms with Crippen LogP contribution in [-0.2, 0) is 30.3 Å². The minimum atomic E-state index is -1.67. The Kier molecular flexibility index (Phi) is 6.28. The Balaban J connectivity index is 2.08. The molecule has 24 heavy (non-hydrogen) atoms. The van der Waals surface area contributed by atoms with Crippen molar-refractivity contribution in [3.05, 3.63) is 35.9 Å². The topological polar surface area (TPSA) is 73.9 Å². The van der Waals surface area contributed by atoms with Crippen LogP contribution >= 0.6 is 0 Å². The van der Waals surface area contributed by atoms with E-state index in [9.17, 15) is 14.0 Å². The van der Waals surface area contributed by atoms with E-state index in [1.54, 1.807) is 6.92 Å². The molecule has 0 bridgehead atoms. The fourth-order valence-corrected chi connectivity index (χ4v) is 2.66. The molecule has 132 valence electrons. The smallest absolute Gasteiger partial charge is 0.303 e. The molecule has 1 heterocycles. The van der Waals surface area contributed by atoms with E-state index in [1.807, 2.05) is 30.3 Å². The predicted octanol–water partition coefficient (Wildman–Crippen LogP) is 1.72. The number of halogens is 1. The summed E-state index contributed by atoms with van der Waals surface area (Å²) >= 11 is 0. The van der Waals surface area contributed by atoms with Crippen LogP contribution in [-0.4, -0.2) is 42.7 Å². The van der Waals surface area contributed by atoms with E-state index in [0.717, 1.165) is 5.56 Å². The highest BCUT2D eigenvalue weighted by Crippen LogP contribution is 2.27. The first-order chi connectivity index (χ1) is 11.4. The van der Waals surface area contributed by atoms with Gasteiger partial charge in [0.25, 0.3) is 0 Å². The zero-order valence-electron chi connectivity index (χ0n) is 13.9. The number of hydrogen-bond donors (Lipinski definition) is 1. The van der Waals surface area contributed by atoms with Crippen LogP contribution in [0, 0.1) is 0 Å². The van der Waals surface area contributed by atoms with Crippen LogP contribution in [0.15, 0.2) is 30.3 Å². The molecule has 7 heteroatoms. The standard InChI is InChI=1S/C17H22FNO5/c1-10-15(23-11(2)20)16(24-12(3)21)14(18)17(22-10)19-9-13-7-5-4-6-8-13/h4-8,10,14-17,19H,9H2,1-3H3/t10-,14-,15+,16-,17+/m0/s1. The third-order valence-corrected chi connectivity index (χ3v) is 3.71. The molecule has 0 aliphatic carbocycles. The maximum Gasteiger partial charge on any atom is 0.303 e. The molecule has 0 spiro atoms. The Morgan fingerprint density at radius 1 is 1.12 bits per heavy atom. The highest BCUT2D eigenvalue weighted by molar-refractivity contribution is 5.67. The third kappa shape index (κ3) is 4.75. The molecule has 0 aromatic heterocycles. The van der Waals surface area contributed by atoms with Crippen molar-refractivity contribution in [3.8, 4) is 0 Å². The molecular weight excluding hydrogens is 317 g/mol. The molecule has 0 unspecified atom stereocenters. The van der Waals surface area contributed by atoms with Crippen LogP contribution in [0.5, 0.6) is 0 Å². The summed E-state index contributed by atoms with van der Waals surface area (Å²) in [6.07, 6.45) is -5.48. The van der Waals surface area contributed by atoms with Crippen LogP contribution < -0.4 is 5.32 Å². The molecule has 0 saturated carbocycles. The number of carbonyl (C=O) groups is 2. The SMILES string of the molecule is CC(=O)O[C@H]1[C@H](F)[C@H](NCc2ccccc2)O[C@@H](C)[C@H]1OC(C)=O. The number of rotatable bonds is 5. The Bertz CT molecular complexity index is 567. The van der Waals surface area contributed by atoms with Crippen molar-refractivity contribution in [1.82, 2.24) is 5.32 Å². The number of nitrogens with one attached hydrogen (secondary N) is 1. The van der Waals surface area contributed by atoms with Gasteiger partial charge >= 0.3 is 11.9 Å². The highest BCUT2D eigenvalue weighted by Gasteiger charge is 2.48. The molecule has 2 rings (SSSR count). The minimum absolute atomic E-state index is 0.393. The molecule has 1 fully saturated rings. The summed E-state index contributed by atoms with van der Waals surface area (Å²) in [5.41, 5.74) is 0.965. The lowest BCUT2D eigenvalue weighted by molar-refractivity contribution is -0.229. The normalized spacial score (nSPS) is 29.8. The number of ether oxygens (including phenoxy) is 3. The summed E-state index contributed by atoms with van der Waals surface area (Å²) in [5.74, 6) is -1.23. The van der Waals surface area contributed by atoms with Gasteiger partial charge < -0.3 is 14.2 Å². The van der Waals surface area contributed by atoms with Crippen LogP contribution in [0.1, 0.15) is 26.3 Å². The quantitative estimate of drug-likeness (QED) is 0.824. The Morgan fingerprint density at radius 2 is 1.71 bits per heavy atom.